The summed E-state index contributed by atoms with van der Waals surface area (Å²) in [4.78, 5) is 28.9. The minimum absolute atomic E-state index is 0.183. The second kappa shape index (κ2) is 5.95. The van der Waals surface area contributed by atoms with E-state index in [1.54, 1.807) is 0 Å². The fraction of sp³-hybridized carbons (Fsp3) is 0.875. The summed E-state index contributed by atoms with van der Waals surface area (Å²) in [5, 5.41) is 3.36. The molecule has 1 N–H and O–H groups in total. The van der Waals surface area contributed by atoms with Crippen molar-refractivity contribution in [2.24, 2.45) is 11.3 Å². The molecule has 1 saturated carbocycles. The van der Waals surface area contributed by atoms with Gasteiger partial charge in [-0.05, 0) is 32.2 Å². The molecule has 0 aromatic rings. The van der Waals surface area contributed by atoms with Gasteiger partial charge in [0.15, 0.2) is 0 Å². The Hall–Kier alpha value is -1.10. The summed E-state index contributed by atoms with van der Waals surface area (Å²) in [6, 6.07) is 0. The molecule has 3 fully saturated rings. The van der Waals surface area contributed by atoms with Crippen molar-refractivity contribution in [3.05, 3.63) is 0 Å². The molecular weight excluding hydrogens is 266 g/mol. The lowest BCUT2D eigenvalue weighted by Crippen LogP contribution is -2.55. The number of carbonyl (C=O) groups excluding carboxylic acids is 2. The zero-order valence-electron chi connectivity index (χ0n) is 13.1. The van der Waals surface area contributed by atoms with Crippen molar-refractivity contribution in [1.82, 2.24) is 15.1 Å². The van der Waals surface area contributed by atoms with E-state index in [1.165, 1.54) is 0 Å². The number of rotatable bonds is 4. The van der Waals surface area contributed by atoms with Crippen LogP contribution in [0.4, 0.5) is 0 Å². The van der Waals surface area contributed by atoms with Crippen molar-refractivity contribution >= 4 is 11.8 Å². The van der Waals surface area contributed by atoms with Crippen molar-refractivity contribution < 1.29 is 9.59 Å². The highest BCUT2D eigenvalue weighted by atomic mass is 16.2. The highest BCUT2D eigenvalue weighted by Gasteiger charge is 2.44. The number of nitrogens with one attached hydrogen (secondary N) is 1. The quantitative estimate of drug-likeness (QED) is 0.836. The fourth-order valence-corrected chi connectivity index (χ4v) is 3.78. The predicted molar refractivity (Wildman–Crippen MR) is 80.7 cm³/mol. The van der Waals surface area contributed by atoms with Gasteiger partial charge in [0.25, 0.3) is 0 Å². The topological polar surface area (TPSA) is 52.7 Å². The number of piperazine rings is 1. The highest BCUT2D eigenvalue weighted by Crippen LogP contribution is 2.34. The largest absolute Gasteiger partial charge is 0.339 e. The molecule has 0 bridgehead atoms. The molecule has 5 heteroatoms. The lowest BCUT2D eigenvalue weighted by Gasteiger charge is -2.39. The van der Waals surface area contributed by atoms with E-state index < -0.39 is 0 Å². The molecular formula is C16H27N3O2. The van der Waals surface area contributed by atoms with Crippen LogP contribution in [0.1, 0.15) is 39.0 Å². The van der Waals surface area contributed by atoms with Crippen LogP contribution in [0, 0.1) is 11.3 Å². The zero-order chi connectivity index (χ0) is 14.9. The van der Waals surface area contributed by atoms with Crippen molar-refractivity contribution in [2.75, 3.05) is 39.3 Å². The van der Waals surface area contributed by atoms with Gasteiger partial charge in [-0.25, -0.2) is 0 Å². The van der Waals surface area contributed by atoms with Crippen LogP contribution in [0.5, 0.6) is 0 Å². The zero-order valence-corrected chi connectivity index (χ0v) is 13.1. The third-order valence-corrected chi connectivity index (χ3v) is 5.23. The standard InChI is InChI=1S/C16H27N3O2/c1-2-5-16(6-7-17-12-16)15(21)19-10-8-18(9-11-19)14(20)13-3-4-13/h13,17H,2-12H2,1H3. The number of hydrogen-bond donors (Lipinski definition) is 1. The summed E-state index contributed by atoms with van der Waals surface area (Å²) in [6.07, 6.45) is 5.10. The Morgan fingerprint density at radius 2 is 1.81 bits per heavy atom. The fourth-order valence-electron chi connectivity index (χ4n) is 3.78. The summed E-state index contributed by atoms with van der Waals surface area (Å²) < 4.78 is 0. The van der Waals surface area contributed by atoms with Crippen LogP contribution in [-0.4, -0.2) is 60.9 Å². The molecule has 1 atom stereocenters. The molecule has 3 aliphatic rings. The van der Waals surface area contributed by atoms with Crippen LogP contribution >= 0.6 is 0 Å². The first-order valence-corrected chi connectivity index (χ1v) is 8.45. The number of carbonyl (C=O) groups is 2. The Kier molecular flexibility index (Phi) is 4.20. The minimum atomic E-state index is -0.183. The lowest BCUT2D eigenvalue weighted by atomic mass is 9.81. The van der Waals surface area contributed by atoms with E-state index in [0.29, 0.717) is 24.9 Å². The molecule has 2 saturated heterocycles. The van der Waals surface area contributed by atoms with Gasteiger partial charge < -0.3 is 15.1 Å². The first-order valence-electron chi connectivity index (χ1n) is 8.45. The van der Waals surface area contributed by atoms with Crippen molar-refractivity contribution in [1.29, 1.82) is 0 Å². The second-order valence-electron chi connectivity index (χ2n) is 6.85. The Bertz CT molecular complexity index is 406. The molecule has 0 aromatic heterocycles. The number of nitrogens with zero attached hydrogens (tertiary/aromatic N) is 2. The van der Waals surface area contributed by atoms with Gasteiger partial charge in [0, 0.05) is 38.6 Å². The molecule has 5 nitrogen and oxygen atoms in total. The van der Waals surface area contributed by atoms with Crippen molar-refractivity contribution in [3.8, 4) is 0 Å². The molecule has 0 aromatic carbocycles. The molecule has 21 heavy (non-hydrogen) atoms. The van der Waals surface area contributed by atoms with E-state index in [0.717, 1.165) is 58.3 Å². The number of amides is 2. The van der Waals surface area contributed by atoms with Crippen LogP contribution in [0.15, 0.2) is 0 Å². The molecule has 1 aliphatic carbocycles. The third kappa shape index (κ3) is 2.93. The van der Waals surface area contributed by atoms with E-state index in [1.807, 2.05) is 9.80 Å². The van der Waals surface area contributed by atoms with Crippen molar-refractivity contribution in [3.63, 3.8) is 0 Å². The average Bonchev–Trinajstić information content (AvgIpc) is 3.26. The normalized spacial score (nSPS) is 29.8. The Balaban J connectivity index is 1.57. The highest BCUT2D eigenvalue weighted by molar-refractivity contribution is 5.84. The average molecular weight is 293 g/mol. The number of hydrogen-bond acceptors (Lipinski definition) is 3. The Morgan fingerprint density at radius 3 is 2.33 bits per heavy atom. The molecule has 3 rings (SSSR count). The maximum Gasteiger partial charge on any atom is 0.230 e. The summed E-state index contributed by atoms with van der Waals surface area (Å²) in [6.45, 7) is 6.78. The first kappa shape index (κ1) is 14.8. The molecule has 2 heterocycles. The minimum Gasteiger partial charge on any atom is -0.339 e. The molecule has 2 aliphatic heterocycles. The summed E-state index contributed by atoms with van der Waals surface area (Å²) >= 11 is 0. The van der Waals surface area contributed by atoms with Crippen LogP contribution in [0.25, 0.3) is 0 Å². The molecule has 118 valence electrons. The van der Waals surface area contributed by atoms with Gasteiger partial charge in [0.2, 0.25) is 11.8 Å². The predicted octanol–water partition coefficient (Wildman–Crippen LogP) is 0.847. The van der Waals surface area contributed by atoms with Gasteiger partial charge in [-0.3, -0.25) is 9.59 Å². The maximum absolute atomic E-state index is 12.9. The van der Waals surface area contributed by atoms with E-state index in [4.69, 9.17) is 0 Å². The van der Waals surface area contributed by atoms with Crippen molar-refractivity contribution in [2.45, 2.75) is 39.0 Å². The van der Waals surface area contributed by atoms with Gasteiger partial charge in [0.05, 0.1) is 5.41 Å². The molecule has 0 radical (unpaired) electrons. The van der Waals surface area contributed by atoms with E-state index >= 15 is 0 Å². The lowest BCUT2D eigenvalue weighted by molar-refractivity contribution is -0.147. The van der Waals surface area contributed by atoms with Crippen LogP contribution in [0.2, 0.25) is 0 Å². The van der Waals surface area contributed by atoms with Gasteiger partial charge in [0.1, 0.15) is 0 Å². The molecule has 0 spiro atoms. The second-order valence-corrected chi connectivity index (χ2v) is 6.85. The SMILES string of the molecule is CCCC1(C(=O)N2CCN(C(=O)C3CC3)CC2)CCNC1. The molecule has 1 unspecified atom stereocenters. The van der Waals surface area contributed by atoms with Crippen LogP contribution in [0.3, 0.4) is 0 Å². The first-order chi connectivity index (χ1) is 10.2. The molecule has 2 amide bonds. The van der Waals surface area contributed by atoms with Gasteiger partial charge in [-0.15, -0.1) is 0 Å². The van der Waals surface area contributed by atoms with Crippen LogP contribution in [-0.2, 0) is 9.59 Å². The summed E-state index contributed by atoms with van der Waals surface area (Å²) in [5.41, 5.74) is -0.183. The third-order valence-electron chi connectivity index (χ3n) is 5.23. The van der Waals surface area contributed by atoms with Gasteiger partial charge >= 0.3 is 0 Å². The Labute approximate surface area is 127 Å². The van der Waals surface area contributed by atoms with E-state index in [-0.39, 0.29) is 11.3 Å². The summed E-state index contributed by atoms with van der Waals surface area (Å²) in [7, 11) is 0. The van der Waals surface area contributed by atoms with E-state index in [9.17, 15) is 9.59 Å². The smallest absolute Gasteiger partial charge is 0.230 e. The Morgan fingerprint density at radius 1 is 1.14 bits per heavy atom. The maximum atomic E-state index is 12.9. The van der Waals surface area contributed by atoms with E-state index in [2.05, 4.69) is 12.2 Å². The monoisotopic (exact) mass is 293 g/mol. The summed E-state index contributed by atoms with van der Waals surface area (Å²) in [5.74, 6) is 0.915. The van der Waals surface area contributed by atoms with Gasteiger partial charge in [-0.2, -0.15) is 0 Å². The van der Waals surface area contributed by atoms with Gasteiger partial charge in [-0.1, -0.05) is 13.3 Å². The van der Waals surface area contributed by atoms with Crippen LogP contribution < -0.4 is 5.32 Å².